The molecule has 0 amide bonds. The number of methoxy groups -OCH3 is 1. The Hall–Kier alpha value is -2.74. The van der Waals surface area contributed by atoms with Crippen LogP contribution in [0, 0.1) is 17.8 Å². The lowest BCUT2D eigenvalue weighted by Gasteiger charge is -2.06. The van der Waals surface area contributed by atoms with Crippen LogP contribution in [-0.4, -0.2) is 26.9 Å². The first-order valence-electron chi connectivity index (χ1n) is 6.92. The van der Waals surface area contributed by atoms with Crippen molar-refractivity contribution >= 4 is 5.52 Å². The molecular formula is C16H14N4O. The maximum absolute atomic E-state index is 5.52. The Balaban J connectivity index is 1.87. The van der Waals surface area contributed by atoms with Gasteiger partial charge in [0.05, 0.1) is 24.6 Å². The second kappa shape index (κ2) is 4.67. The zero-order chi connectivity index (χ0) is 14.2. The molecule has 104 valence electrons. The lowest BCUT2D eigenvalue weighted by atomic mass is 10.1. The summed E-state index contributed by atoms with van der Waals surface area (Å²) in [5.74, 6) is 7.82. The van der Waals surface area contributed by atoms with Crippen molar-refractivity contribution in [1.29, 1.82) is 0 Å². The average Bonchev–Trinajstić information content (AvgIpc) is 3.02. The molecule has 21 heavy (non-hydrogen) atoms. The monoisotopic (exact) mass is 278 g/mol. The molecule has 3 aromatic rings. The molecule has 0 atom stereocenters. The first-order chi connectivity index (χ1) is 10.3. The van der Waals surface area contributed by atoms with Crippen LogP contribution >= 0.6 is 0 Å². The van der Waals surface area contributed by atoms with Gasteiger partial charge in [-0.25, -0.2) is 4.52 Å². The minimum atomic E-state index is 0.565. The number of hydrogen-bond acceptors (Lipinski definition) is 3. The second-order valence-electron chi connectivity index (χ2n) is 5.16. The van der Waals surface area contributed by atoms with Crippen molar-refractivity contribution < 1.29 is 4.74 Å². The molecule has 5 nitrogen and oxygen atoms in total. The molecule has 0 aliphatic heterocycles. The van der Waals surface area contributed by atoms with Gasteiger partial charge in [-0.1, -0.05) is 11.8 Å². The van der Waals surface area contributed by atoms with Crippen LogP contribution < -0.4 is 4.74 Å². The average molecular weight is 278 g/mol. The molecule has 0 radical (unpaired) electrons. The lowest BCUT2D eigenvalue weighted by molar-refractivity contribution is 0.417. The van der Waals surface area contributed by atoms with Crippen molar-refractivity contribution in [3.05, 3.63) is 36.3 Å². The molecule has 0 unspecified atom stereocenters. The zero-order valence-corrected chi connectivity index (χ0v) is 11.6. The fourth-order valence-electron chi connectivity index (χ4n) is 2.30. The molecule has 4 rings (SSSR count). The van der Waals surface area contributed by atoms with Gasteiger partial charge in [0.2, 0.25) is 0 Å². The summed E-state index contributed by atoms with van der Waals surface area (Å²) < 4.78 is 7.34. The highest BCUT2D eigenvalue weighted by Gasteiger charge is 2.18. The highest BCUT2D eigenvalue weighted by Crippen LogP contribution is 2.30. The van der Waals surface area contributed by atoms with Gasteiger partial charge in [0.1, 0.15) is 11.3 Å². The number of nitrogens with zero attached hydrogens (tertiary/aromatic N) is 3. The number of nitrogens with one attached hydrogen (secondary N) is 1. The molecule has 0 spiro atoms. The van der Waals surface area contributed by atoms with Gasteiger partial charge in [0.15, 0.2) is 0 Å². The summed E-state index contributed by atoms with van der Waals surface area (Å²) in [4.78, 5) is 0. The van der Waals surface area contributed by atoms with Crippen LogP contribution in [0.25, 0.3) is 16.8 Å². The van der Waals surface area contributed by atoms with Crippen molar-refractivity contribution in [3.8, 4) is 28.8 Å². The van der Waals surface area contributed by atoms with Gasteiger partial charge in [-0.2, -0.15) is 10.2 Å². The van der Waals surface area contributed by atoms with Crippen molar-refractivity contribution in [1.82, 2.24) is 19.8 Å². The summed E-state index contributed by atoms with van der Waals surface area (Å²) in [6, 6.07) is 3.89. The molecular weight excluding hydrogens is 264 g/mol. The molecule has 1 aliphatic rings. The van der Waals surface area contributed by atoms with Crippen molar-refractivity contribution in [2.24, 2.45) is 5.92 Å². The Morgan fingerprint density at radius 2 is 2.33 bits per heavy atom. The SMILES string of the molecule is COc1cc(-c2ccn[nH]2)cn2ncc(C#CC3CC3)c12. The second-order valence-corrected chi connectivity index (χ2v) is 5.16. The van der Waals surface area contributed by atoms with E-state index in [1.54, 1.807) is 19.5 Å². The summed E-state index contributed by atoms with van der Waals surface area (Å²) in [6.45, 7) is 0. The normalized spacial score (nSPS) is 14.0. The molecule has 1 saturated carbocycles. The summed E-state index contributed by atoms with van der Waals surface area (Å²) in [5.41, 5.74) is 3.72. The van der Waals surface area contributed by atoms with Gasteiger partial charge in [-0.05, 0) is 25.0 Å². The summed E-state index contributed by atoms with van der Waals surface area (Å²) in [7, 11) is 1.66. The first kappa shape index (κ1) is 12.0. The lowest BCUT2D eigenvalue weighted by Crippen LogP contribution is -1.94. The molecule has 0 saturated heterocycles. The number of pyridine rings is 1. The maximum Gasteiger partial charge on any atom is 0.146 e. The Morgan fingerprint density at radius 1 is 1.43 bits per heavy atom. The van der Waals surface area contributed by atoms with Gasteiger partial charge < -0.3 is 4.74 Å². The van der Waals surface area contributed by atoms with Gasteiger partial charge in [-0.15, -0.1) is 0 Å². The highest BCUT2D eigenvalue weighted by atomic mass is 16.5. The van der Waals surface area contributed by atoms with Crippen LogP contribution in [-0.2, 0) is 0 Å². The van der Waals surface area contributed by atoms with E-state index in [1.807, 2.05) is 22.8 Å². The minimum Gasteiger partial charge on any atom is -0.494 e. The van der Waals surface area contributed by atoms with E-state index in [0.717, 1.165) is 28.1 Å². The molecule has 3 heterocycles. The Labute approximate surface area is 121 Å². The fraction of sp³-hybridized carbons (Fsp3) is 0.250. The van der Waals surface area contributed by atoms with Crippen LogP contribution in [0.5, 0.6) is 5.75 Å². The smallest absolute Gasteiger partial charge is 0.146 e. The molecule has 1 aliphatic carbocycles. The largest absolute Gasteiger partial charge is 0.494 e. The van der Waals surface area contributed by atoms with E-state index >= 15 is 0 Å². The van der Waals surface area contributed by atoms with E-state index in [9.17, 15) is 0 Å². The number of hydrogen-bond donors (Lipinski definition) is 1. The van der Waals surface area contributed by atoms with E-state index in [1.165, 1.54) is 12.8 Å². The third kappa shape index (κ3) is 2.15. The molecule has 0 aromatic carbocycles. The summed E-state index contributed by atoms with van der Waals surface area (Å²) in [5, 5.41) is 11.3. The van der Waals surface area contributed by atoms with Crippen molar-refractivity contribution in [2.75, 3.05) is 7.11 Å². The van der Waals surface area contributed by atoms with E-state index in [2.05, 4.69) is 27.1 Å². The first-order valence-corrected chi connectivity index (χ1v) is 6.92. The molecule has 1 N–H and O–H groups in total. The van der Waals surface area contributed by atoms with Crippen LogP contribution in [0.2, 0.25) is 0 Å². The number of aromatic amines is 1. The van der Waals surface area contributed by atoms with Gasteiger partial charge in [0, 0.05) is 23.9 Å². The molecule has 5 heteroatoms. The van der Waals surface area contributed by atoms with Crippen LogP contribution in [0.1, 0.15) is 18.4 Å². The Kier molecular flexibility index (Phi) is 2.68. The van der Waals surface area contributed by atoms with E-state index in [4.69, 9.17) is 4.74 Å². The number of fused-ring (bicyclic) bond motifs is 1. The van der Waals surface area contributed by atoms with E-state index < -0.39 is 0 Å². The minimum absolute atomic E-state index is 0.565. The maximum atomic E-state index is 5.52. The Morgan fingerprint density at radius 3 is 3.05 bits per heavy atom. The van der Waals surface area contributed by atoms with Crippen LogP contribution in [0.4, 0.5) is 0 Å². The summed E-state index contributed by atoms with van der Waals surface area (Å²) >= 11 is 0. The van der Waals surface area contributed by atoms with Crippen LogP contribution in [0.3, 0.4) is 0 Å². The zero-order valence-electron chi connectivity index (χ0n) is 11.6. The predicted molar refractivity (Wildman–Crippen MR) is 78.9 cm³/mol. The number of aromatic nitrogens is 4. The topological polar surface area (TPSA) is 55.2 Å². The van der Waals surface area contributed by atoms with Gasteiger partial charge in [-0.3, -0.25) is 5.10 Å². The molecule has 3 aromatic heterocycles. The Bertz CT molecular complexity index is 848. The fourth-order valence-corrected chi connectivity index (χ4v) is 2.30. The molecule has 1 fully saturated rings. The summed E-state index contributed by atoms with van der Waals surface area (Å²) in [6.07, 6.45) is 7.90. The standard InChI is InChI=1S/C16H14N4O/c1-21-15-8-13(14-6-7-17-19-14)10-20-16(15)12(9-18-20)5-4-11-2-3-11/h6-11H,2-3H2,1H3,(H,17,19). The highest BCUT2D eigenvalue weighted by molar-refractivity contribution is 5.74. The number of rotatable bonds is 2. The van der Waals surface area contributed by atoms with E-state index in [-0.39, 0.29) is 0 Å². The number of ether oxygens (including phenoxy) is 1. The van der Waals surface area contributed by atoms with Gasteiger partial charge >= 0.3 is 0 Å². The van der Waals surface area contributed by atoms with E-state index in [0.29, 0.717) is 5.92 Å². The van der Waals surface area contributed by atoms with Crippen LogP contribution in [0.15, 0.2) is 30.7 Å². The van der Waals surface area contributed by atoms with Crippen molar-refractivity contribution in [2.45, 2.75) is 12.8 Å². The predicted octanol–water partition coefficient (Wildman–Crippen LogP) is 2.49. The quantitative estimate of drug-likeness (QED) is 0.733. The number of H-pyrrole nitrogens is 1. The third-order valence-corrected chi connectivity index (χ3v) is 3.60. The van der Waals surface area contributed by atoms with Gasteiger partial charge in [0.25, 0.3) is 0 Å². The van der Waals surface area contributed by atoms with Crippen molar-refractivity contribution in [3.63, 3.8) is 0 Å². The third-order valence-electron chi connectivity index (χ3n) is 3.60. The molecule has 0 bridgehead atoms.